The van der Waals surface area contributed by atoms with Crippen LogP contribution in [0.5, 0.6) is 17.2 Å². The lowest BCUT2D eigenvalue weighted by molar-refractivity contribution is -0.121. The van der Waals surface area contributed by atoms with Crippen molar-refractivity contribution in [2.45, 2.75) is 17.7 Å². The Bertz CT molecular complexity index is 1310. The van der Waals surface area contributed by atoms with E-state index < -0.39 is 10.0 Å². The number of ether oxygens (including phenoxy) is 3. The van der Waals surface area contributed by atoms with E-state index in [2.05, 4.69) is 10.0 Å². The minimum absolute atomic E-state index is 0.0757. The first-order valence-electron chi connectivity index (χ1n) is 11.0. The molecule has 2 aliphatic rings. The summed E-state index contributed by atoms with van der Waals surface area (Å²) >= 11 is 0. The van der Waals surface area contributed by atoms with Gasteiger partial charge < -0.3 is 19.5 Å². The standard InChI is InChI=1S/C25H24N2O6S/c28-25(18-14-17-4-1-2-5-22(17)33-16-18)26-19-6-8-20(9-7-19)27-34(29,30)21-10-11-23-24(15-21)32-13-3-12-31-23/h1-2,4-11,15,18,27H,3,12-14,16H2,(H,26,28). The van der Waals surface area contributed by atoms with Crippen LogP contribution in [-0.2, 0) is 21.2 Å². The lowest BCUT2D eigenvalue weighted by atomic mass is 9.96. The van der Waals surface area contributed by atoms with E-state index in [0.717, 1.165) is 17.7 Å². The molecule has 0 aliphatic carbocycles. The fourth-order valence-electron chi connectivity index (χ4n) is 3.89. The number of rotatable bonds is 5. The Morgan fingerprint density at radius 2 is 1.56 bits per heavy atom. The van der Waals surface area contributed by atoms with E-state index in [4.69, 9.17) is 14.2 Å². The number of nitrogens with one attached hydrogen (secondary N) is 2. The molecule has 1 amide bonds. The molecule has 2 heterocycles. The zero-order valence-electron chi connectivity index (χ0n) is 18.3. The molecule has 5 rings (SSSR count). The summed E-state index contributed by atoms with van der Waals surface area (Å²) in [4.78, 5) is 12.8. The number of amides is 1. The maximum Gasteiger partial charge on any atom is 0.262 e. The molecule has 1 unspecified atom stereocenters. The maximum atomic E-state index is 12.9. The quantitative estimate of drug-likeness (QED) is 0.575. The number of carbonyl (C=O) groups excluding carboxylic acids is 1. The summed E-state index contributed by atoms with van der Waals surface area (Å²) in [6.45, 7) is 1.31. The van der Waals surface area contributed by atoms with Gasteiger partial charge in [0.05, 0.1) is 24.0 Å². The van der Waals surface area contributed by atoms with Gasteiger partial charge in [0.2, 0.25) is 5.91 Å². The smallest absolute Gasteiger partial charge is 0.262 e. The first-order valence-corrected chi connectivity index (χ1v) is 12.5. The summed E-state index contributed by atoms with van der Waals surface area (Å²) < 4.78 is 45.1. The Hall–Kier alpha value is -3.72. The number of carbonyl (C=O) groups is 1. The molecule has 0 spiro atoms. The van der Waals surface area contributed by atoms with E-state index in [1.54, 1.807) is 30.3 Å². The van der Waals surface area contributed by atoms with Crippen LogP contribution in [0.25, 0.3) is 0 Å². The first kappa shape index (κ1) is 22.1. The molecule has 9 heteroatoms. The minimum atomic E-state index is -3.83. The summed E-state index contributed by atoms with van der Waals surface area (Å²) in [6.07, 6.45) is 1.34. The molecule has 3 aromatic rings. The lowest BCUT2D eigenvalue weighted by Crippen LogP contribution is -2.32. The Kier molecular flexibility index (Phi) is 6.02. The van der Waals surface area contributed by atoms with Crippen LogP contribution in [0, 0.1) is 5.92 Å². The largest absolute Gasteiger partial charge is 0.492 e. The average molecular weight is 481 g/mol. The predicted molar refractivity (Wildman–Crippen MR) is 127 cm³/mol. The van der Waals surface area contributed by atoms with Gasteiger partial charge in [-0.15, -0.1) is 0 Å². The third-order valence-corrected chi connectivity index (χ3v) is 7.06. The monoisotopic (exact) mass is 480 g/mol. The van der Waals surface area contributed by atoms with Gasteiger partial charge in [-0.1, -0.05) is 18.2 Å². The van der Waals surface area contributed by atoms with Crippen LogP contribution < -0.4 is 24.2 Å². The molecule has 0 aromatic heterocycles. The molecule has 2 aliphatic heterocycles. The van der Waals surface area contributed by atoms with Crippen molar-refractivity contribution < 1.29 is 27.4 Å². The summed E-state index contributed by atoms with van der Waals surface area (Å²) in [6, 6.07) is 18.7. The van der Waals surface area contributed by atoms with E-state index in [1.807, 2.05) is 24.3 Å². The molecule has 34 heavy (non-hydrogen) atoms. The Morgan fingerprint density at radius 1 is 0.824 bits per heavy atom. The van der Waals surface area contributed by atoms with Gasteiger partial charge in [0.25, 0.3) is 10.0 Å². The number of hydrogen-bond donors (Lipinski definition) is 2. The molecule has 2 N–H and O–H groups in total. The summed E-state index contributed by atoms with van der Waals surface area (Å²) in [5, 5.41) is 2.88. The van der Waals surface area contributed by atoms with Crippen LogP contribution in [0.3, 0.4) is 0 Å². The van der Waals surface area contributed by atoms with Crippen molar-refractivity contribution in [1.82, 2.24) is 0 Å². The number of sulfonamides is 1. The zero-order valence-corrected chi connectivity index (χ0v) is 19.1. The van der Waals surface area contributed by atoms with Crippen LogP contribution in [0.2, 0.25) is 0 Å². The molecular formula is C25H24N2O6S. The van der Waals surface area contributed by atoms with Crippen LogP contribution >= 0.6 is 0 Å². The highest BCUT2D eigenvalue weighted by molar-refractivity contribution is 7.92. The fraction of sp³-hybridized carbons (Fsp3) is 0.240. The number of benzene rings is 3. The molecule has 0 bridgehead atoms. The highest BCUT2D eigenvalue weighted by Gasteiger charge is 2.26. The van der Waals surface area contributed by atoms with Gasteiger partial charge in [-0.25, -0.2) is 8.42 Å². The van der Waals surface area contributed by atoms with Crippen molar-refractivity contribution in [3.05, 3.63) is 72.3 Å². The van der Waals surface area contributed by atoms with Crippen molar-refractivity contribution >= 4 is 27.3 Å². The van der Waals surface area contributed by atoms with Crippen LogP contribution in [0.1, 0.15) is 12.0 Å². The van der Waals surface area contributed by atoms with Crippen molar-refractivity contribution in [2.75, 3.05) is 29.9 Å². The number of anilines is 2. The average Bonchev–Trinajstić information content (AvgIpc) is 3.10. The molecule has 176 valence electrons. The Balaban J connectivity index is 1.23. The Labute approximate surface area is 197 Å². The van der Waals surface area contributed by atoms with Crippen molar-refractivity contribution in [2.24, 2.45) is 5.92 Å². The second-order valence-electron chi connectivity index (χ2n) is 8.15. The van der Waals surface area contributed by atoms with Gasteiger partial charge >= 0.3 is 0 Å². The number of fused-ring (bicyclic) bond motifs is 2. The summed E-state index contributed by atoms with van der Waals surface area (Å²) in [5.74, 6) is 1.32. The van der Waals surface area contributed by atoms with Gasteiger partial charge in [0.1, 0.15) is 12.4 Å². The van der Waals surface area contributed by atoms with E-state index in [-0.39, 0.29) is 16.7 Å². The predicted octanol–water partition coefficient (Wildman–Crippen LogP) is 3.84. The third-order valence-electron chi connectivity index (χ3n) is 5.68. The van der Waals surface area contributed by atoms with E-state index >= 15 is 0 Å². The molecule has 0 saturated heterocycles. The molecule has 3 aromatic carbocycles. The molecular weight excluding hydrogens is 456 g/mol. The summed E-state index contributed by atoms with van der Waals surface area (Å²) in [7, 11) is -3.83. The van der Waals surface area contributed by atoms with Gasteiger partial charge in [-0.2, -0.15) is 0 Å². The van der Waals surface area contributed by atoms with Gasteiger partial charge in [0, 0.05) is 23.9 Å². The second-order valence-corrected chi connectivity index (χ2v) is 9.83. The maximum absolute atomic E-state index is 12.9. The number of para-hydroxylation sites is 1. The number of hydrogen-bond acceptors (Lipinski definition) is 6. The normalized spacial score (nSPS) is 17.0. The molecule has 1 atom stereocenters. The molecule has 8 nitrogen and oxygen atoms in total. The van der Waals surface area contributed by atoms with E-state index in [0.29, 0.717) is 49.1 Å². The van der Waals surface area contributed by atoms with Crippen molar-refractivity contribution in [3.8, 4) is 17.2 Å². The molecule has 0 fully saturated rings. The van der Waals surface area contributed by atoms with Crippen molar-refractivity contribution in [1.29, 1.82) is 0 Å². The fourth-order valence-corrected chi connectivity index (χ4v) is 4.96. The van der Waals surface area contributed by atoms with Gasteiger partial charge in [0.15, 0.2) is 11.5 Å². The first-order chi connectivity index (χ1) is 16.5. The molecule has 0 saturated carbocycles. The highest BCUT2D eigenvalue weighted by Crippen LogP contribution is 2.33. The second kappa shape index (κ2) is 9.26. The van der Waals surface area contributed by atoms with Gasteiger partial charge in [-0.05, 0) is 54.4 Å². The third kappa shape index (κ3) is 4.79. The zero-order chi connectivity index (χ0) is 23.5. The molecule has 0 radical (unpaired) electrons. The van der Waals surface area contributed by atoms with E-state index in [1.165, 1.54) is 12.1 Å². The topological polar surface area (TPSA) is 103 Å². The SMILES string of the molecule is O=C(Nc1ccc(NS(=O)(=O)c2ccc3c(c2)OCCCO3)cc1)C1COc2ccccc2C1. The highest BCUT2D eigenvalue weighted by atomic mass is 32.2. The van der Waals surface area contributed by atoms with Crippen molar-refractivity contribution in [3.63, 3.8) is 0 Å². The minimum Gasteiger partial charge on any atom is -0.492 e. The van der Waals surface area contributed by atoms with Crippen LogP contribution in [0.15, 0.2) is 71.6 Å². The van der Waals surface area contributed by atoms with E-state index in [9.17, 15) is 13.2 Å². The summed E-state index contributed by atoms with van der Waals surface area (Å²) in [5.41, 5.74) is 1.95. The van der Waals surface area contributed by atoms with Crippen LogP contribution in [-0.4, -0.2) is 34.1 Å². The van der Waals surface area contributed by atoms with Crippen LogP contribution in [0.4, 0.5) is 11.4 Å². The lowest BCUT2D eigenvalue weighted by Gasteiger charge is -2.24. The van der Waals surface area contributed by atoms with Gasteiger partial charge in [-0.3, -0.25) is 9.52 Å². The Morgan fingerprint density at radius 3 is 2.38 bits per heavy atom.